The summed E-state index contributed by atoms with van der Waals surface area (Å²) in [6.45, 7) is 1.30. The lowest BCUT2D eigenvalue weighted by molar-refractivity contribution is -0.286. The van der Waals surface area contributed by atoms with Crippen molar-refractivity contribution in [2.24, 2.45) is 0 Å². The number of carbonyl (C=O) groups excluding carboxylic acids is 1. The maximum atomic E-state index is 13.3. The van der Waals surface area contributed by atoms with Gasteiger partial charge < -0.3 is 35.1 Å². The molecule has 2 aliphatic rings. The molecule has 0 radical (unpaired) electrons. The van der Waals surface area contributed by atoms with E-state index in [1.54, 1.807) is 25.1 Å². The predicted molar refractivity (Wildman–Crippen MR) is 99.9 cm³/mol. The third kappa shape index (κ3) is 3.68. The Balaban J connectivity index is 1.52. The van der Waals surface area contributed by atoms with E-state index in [0.29, 0.717) is 11.4 Å². The highest BCUT2D eigenvalue weighted by atomic mass is 19.3. The van der Waals surface area contributed by atoms with Gasteiger partial charge in [0.25, 0.3) is 0 Å². The second-order valence-electron chi connectivity index (χ2n) is 7.16. The first-order valence-electron chi connectivity index (χ1n) is 9.09. The van der Waals surface area contributed by atoms with Crippen LogP contribution in [0.15, 0.2) is 30.3 Å². The molecule has 11 heteroatoms. The summed E-state index contributed by atoms with van der Waals surface area (Å²) in [5, 5.41) is 23.8. The second kappa shape index (κ2) is 7.26. The number of rotatable bonds is 6. The number of pyridine rings is 1. The number of nitrogens with one attached hydrogen (secondary N) is 2. The summed E-state index contributed by atoms with van der Waals surface area (Å²) in [5.41, 5.74) is -0.788. The maximum Gasteiger partial charge on any atom is 0.586 e. The van der Waals surface area contributed by atoms with Gasteiger partial charge in [-0.1, -0.05) is 6.07 Å². The lowest BCUT2D eigenvalue weighted by Gasteiger charge is -2.21. The zero-order valence-electron chi connectivity index (χ0n) is 15.8. The molecule has 2 atom stereocenters. The zero-order chi connectivity index (χ0) is 21.5. The first kappa shape index (κ1) is 20.1. The van der Waals surface area contributed by atoms with Crippen LogP contribution in [0.25, 0.3) is 0 Å². The van der Waals surface area contributed by atoms with Crippen molar-refractivity contribution in [3.05, 3.63) is 35.9 Å². The fourth-order valence-corrected chi connectivity index (χ4v) is 3.16. The van der Waals surface area contributed by atoms with Crippen LogP contribution in [0.3, 0.4) is 0 Å². The number of halogens is 2. The number of fused-ring (bicyclic) bond motifs is 2. The van der Waals surface area contributed by atoms with Crippen molar-refractivity contribution in [3.63, 3.8) is 0 Å². The van der Waals surface area contributed by atoms with Gasteiger partial charge in [0.1, 0.15) is 29.4 Å². The van der Waals surface area contributed by atoms with Gasteiger partial charge in [-0.15, -0.1) is 8.78 Å². The summed E-state index contributed by atoms with van der Waals surface area (Å²) in [6, 6.07) is 7.46. The Bertz CT molecular complexity index is 989. The second-order valence-corrected chi connectivity index (χ2v) is 7.16. The third-order valence-corrected chi connectivity index (χ3v) is 4.84. The summed E-state index contributed by atoms with van der Waals surface area (Å²) in [6.07, 6.45) is -4.71. The van der Waals surface area contributed by atoms with E-state index in [1.807, 2.05) is 0 Å². The van der Waals surface area contributed by atoms with Crippen molar-refractivity contribution in [2.75, 3.05) is 30.4 Å². The minimum absolute atomic E-state index is 0.00587. The van der Waals surface area contributed by atoms with E-state index >= 15 is 0 Å². The molecule has 0 unspecified atom stereocenters. The van der Waals surface area contributed by atoms with Gasteiger partial charge in [-0.3, -0.25) is 4.79 Å². The van der Waals surface area contributed by atoms with E-state index < -0.39 is 30.3 Å². The van der Waals surface area contributed by atoms with Crippen molar-refractivity contribution in [1.29, 1.82) is 0 Å². The lowest BCUT2D eigenvalue weighted by Crippen LogP contribution is -2.39. The van der Waals surface area contributed by atoms with Crippen LogP contribution in [-0.4, -0.2) is 53.3 Å². The average Bonchev–Trinajstić information content (AvgIpc) is 3.19. The van der Waals surface area contributed by atoms with Crippen LogP contribution in [0.4, 0.5) is 20.4 Å². The Kier molecular flexibility index (Phi) is 4.86. The summed E-state index contributed by atoms with van der Waals surface area (Å²) >= 11 is 0. The number of hydrogen-bond acceptors (Lipinski definition) is 8. The van der Waals surface area contributed by atoms with E-state index in [2.05, 4.69) is 25.1 Å². The van der Waals surface area contributed by atoms with Crippen molar-refractivity contribution in [1.82, 2.24) is 4.98 Å². The number of alkyl halides is 2. The molecule has 0 bridgehead atoms. The van der Waals surface area contributed by atoms with E-state index in [4.69, 9.17) is 9.84 Å². The lowest BCUT2D eigenvalue weighted by atomic mass is 9.83. The Morgan fingerprint density at radius 1 is 1.23 bits per heavy atom. The molecule has 0 saturated carbocycles. The smallest absolute Gasteiger partial charge is 0.492 e. The highest BCUT2D eigenvalue weighted by Gasteiger charge is 2.48. The Morgan fingerprint density at radius 2 is 1.93 bits per heavy atom. The number of aliphatic hydroxyl groups is 2. The molecule has 9 nitrogen and oxygen atoms in total. The molecule has 2 aromatic rings. The number of ether oxygens (including phenoxy) is 3. The van der Waals surface area contributed by atoms with Crippen LogP contribution in [0.1, 0.15) is 12.5 Å². The first-order chi connectivity index (χ1) is 14.2. The molecule has 4 rings (SSSR count). The van der Waals surface area contributed by atoms with Gasteiger partial charge in [0.05, 0.1) is 12.7 Å². The molecule has 0 aliphatic carbocycles. The topological polar surface area (TPSA) is 122 Å². The van der Waals surface area contributed by atoms with E-state index in [9.17, 15) is 18.7 Å². The van der Waals surface area contributed by atoms with Crippen molar-refractivity contribution >= 4 is 17.5 Å². The summed E-state index contributed by atoms with van der Waals surface area (Å²) in [7, 11) is 0. The number of hydrogen-bond donors (Lipinski definition) is 4. The molecule has 3 heterocycles. The van der Waals surface area contributed by atoms with Crippen LogP contribution in [0, 0.1) is 0 Å². The van der Waals surface area contributed by atoms with Gasteiger partial charge >= 0.3 is 6.29 Å². The number of aliphatic hydroxyl groups excluding tert-OH is 2. The van der Waals surface area contributed by atoms with Crippen molar-refractivity contribution < 1.29 is 38.0 Å². The Labute approximate surface area is 169 Å². The average molecular weight is 423 g/mol. The van der Waals surface area contributed by atoms with E-state index in [-0.39, 0.29) is 36.2 Å². The van der Waals surface area contributed by atoms with Gasteiger partial charge in [0.15, 0.2) is 11.5 Å². The standard InChI is InChI=1S/C19H19F2N3O6/c1-18(9-28-12-6-14-13(5-11(12)18)29-19(20,21)30-14)17(27)24-16-4-2-3-15(23-16)22-7-10(26)8-25/h2-6,10,25-26H,7-9H2,1H3,(H2,22,23,24,27)/t10-,18-/m0/s1. The van der Waals surface area contributed by atoms with Crippen LogP contribution in [0.2, 0.25) is 0 Å². The fourth-order valence-electron chi connectivity index (χ4n) is 3.16. The molecule has 1 aromatic carbocycles. The zero-order valence-corrected chi connectivity index (χ0v) is 15.8. The summed E-state index contributed by atoms with van der Waals surface area (Å²) in [4.78, 5) is 17.2. The number of nitrogens with zero attached hydrogens (tertiary/aromatic N) is 1. The molecule has 30 heavy (non-hydrogen) atoms. The molecular formula is C19H19F2N3O6. The van der Waals surface area contributed by atoms with Crippen LogP contribution in [0.5, 0.6) is 17.2 Å². The number of benzene rings is 1. The molecule has 2 aliphatic heterocycles. The van der Waals surface area contributed by atoms with Gasteiger partial charge in [-0.2, -0.15) is 0 Å². The molecule has 1 amide bonds. The quantitative estimate of drug-likeness (QED) is 0.551. The number of aromatic nitrogens is 1. The number of amides is 1. The normalized spacial score (nSPS) is 21.5. The SMILES string of the molecule is C[C@]1(C(=O)Nc2cccc(NC[C@H](O)CO)n2)COc2cc3c(cc21)OC(F)(F)O3. The number of anilines is 2. The minimum atomic E-state index is -3.77. The molecule has 4 N–H and O–H groups in total. The van der Waals surface area contributed by atoms with Crippen molar-refractivity contribution in [3.8, 4) is 17.2 Å². The highest BCUT2D eigenvalue weighted by molar-refractivity contribution is 5.99. The highest BCUT2D eigenvalue weighted by Crippen LogP contribution is 2.49. The third-order valence-electron chi connectivity index (χ3n) is 4.84. The molecule has 0 fully saturated rings. The molecular weight excluding hydrogens is 404 g/mol. The van der Waals surface area contributed by atoms with Crippen LogP contribution in [-0.2, 0) is 10.2 Å². The van der Waals surface area contributed by atoms with Crippen LogP contribution >= 0.6 is 0 Å². The number of carbonyl (C=O) groups is 1. The maximum absolute atomic E-state index is 13.3. The Morgan fingerprint density at radius 3 is 2.67 bits per heavy atom. The largest absolute Gasteiger partial charge is 0.586 e. The summed E-state index contributed by atoms with van der Waals surface area (Å²) in [5.74, 6) is 0.106. The molecule has 0 saturated heterocycles. The van der Waals surface area contributed by atoms with E-state index in [0.717, 1.165) is 0 Å². The molecule has 1 aromatic heterocycles. The fraction of sp³-hybridized carbons (Fsp3) is 0.368. The monoisotopic (exact) mass is 423 g/mol. The van der Waals surface area contributed by atoms with Gasteiger partial charge in [-0.05, 0) is 25.1 Å². The Hall–Kier alpha value is -3.18. The predicted octanol–water partition coefficient (Wildman–Crippen LogP) is 1.46. The van der Waals surface area contributed by atoms with Gasteiger partial charge in [-0.25, -0.2) is 4.98 Å². The van der Waals surface area contributed by atoms with Gasteiger partial charge in [0, 0.05) is 18.2 Å². The molecule has 0 spiro atoms. The first-order valence-corrected chi connectivity index (χ1v) is 9.09. The van der Waals surface area contributed by atoms with E-state index in [1.165, 1.54) is 12.1 Å². The molecule has 160 valence electrons. The van der Waals surface area contributed by atoms with Crippen molar-refractivity contribution in [2.45, 2.75) is 24.7 Å². The minimum Gasteiger partial charge on any atom is -0.492 e. The van der Waals surface area contributed by atoms with Crippen LogP contribution < -0.4 is 24.8 Å². The van der Waals surface area contributed by atoms with Gasteiger partial charge in [0.2, 0.25) is 5.91 Å². The summed E-state index contributed by atoms with van der Waals surface area (Å²) < 4.78 is 41.1.